The molecule has 150 valence electrons. The Hall–Kier alpha value is -3.39. The minimum Gasteiger partial charge on any atom is -0.359 e. The van der Waals surface area contributed by atoms with E-state index in [2.05, 4.69) is 17.5 Å². The molecule has 0 saturated heterocycles. The molecule has 0 aromatic heterocycles. The van der Waals surface area contributed by atoms with Crippen molar-refractivity contribution in [3.05, 3.63) is 77.0 Å². The molecule has 2 aromatic rings. The average Bonchev–Trinajstić information content (AvgIpc) is 2.74. The third-order valence-corrected chi connectivity index (χ3v) is 4.70. The topological polar surface area (TPSA) is 80.0 Å². The zero-order chi connectivity index (χ0) is 21.1. The molecule has 0 bridgehead atoms. The number of hydrogen-bond acceptors (Lipinski definition) is 3. The van der Waals surface area contributed by atoms with E-state index in [1.54, 1.807) is 12.1 Å². The largest absolute Gasteiger partial charge is 0.359 e. The third kappa shape index (κ3) is 6.62. The Bertz CT molecular complexity index is 877. The van der Waals surface area contributed by atoms with Gasteiger partial charge in [0.1, 0.15) is 5.84 Å². The number of amidine groups is 1. The van der Waals surface area contributed by atoms with Crippen LogP contribution in [0.2, 0.25) is 0 Å². The number of carbonyl (C=O) groups excluding carboxylic acids is 1. The number of nitrogens with zero attached hydrogens (tertiary/aromatic N) is 2. The Labute approximate surface area is 173 Å². The van der Waals surface area contributed by atoms with Crippen LogP contribution < -0.4 is 10.2 Å². The minimum absolute atomic E-state index is 0.377. The van der Waals surface area contributed by atoms with E-state index in [9.17, 15) is 4.79 Å². The molecule has 0 radical (unpaired) electrons. The van der Waals surface area contributed by atoms with Gasteiger partial charge >= 0.3 is 0 Å². The number of unbranched alkanes of at least 4 members (excludes halogenated alkanes) is 3. The summed E-state index contributed by atoms with van der Waals surface area (Å²) >= 11 is 0. The Morgan fingerprint density at radius 3 is 2.41 bits per heavy atom. The van der Waals surface area contributed by atoms with Crippen molar-refractivity contribution in [1.29, 1.82) is 10.7 Å². The lowest BCUT2D eigenvalue weighted by Crippen LogP contribution is -2.29. The molecule has 5 heteroatoms. The van der Waals surface area contributed by atoms with Crippen molar-refractivity contribution in [2.75, 3.05) is 11.4 Å². The molecule has 29 heavy (non-hydrogen) atoms. The van der Waals surface area contributed by atoms with E-state index in [0.29, 0.717) is 17.9 Å². The average molecular weight is 389 g/mol. The Balaban J connectivity index is 2.17. The minimum atomic E-state index is 0.377. The van der Waals surface area contributed by atoms with Crippen molar-refractivity contribution in [3.8, 4) is 6.07 Å². The van der Waals surface area contributed by atoms with Crippen molar-refractivity contribution < 1.29 is 4.79 Å². The normalized spacial score (nSPS) is 10.9. The predicted octanol–water partition coefficient (Wildman–Crippen LogP) is 4.91. The molecule has 2 rings (SSSR count). The number of benzene rings is 2. The van der Waals surface area contributed by atoms with Crippen LogP contribution in [0.25, 0.3) is 0 Å². The Morgan fingerprint density at radius 1 is 1.10 bits per heavy atom. The summed E-state index contributed by atoms with van der Waals surface area (Å²) in [7, 11) is 0. The quantitative estimate of drug-likeness (QED) is 0.263. The molecule has 0 saturated carbocycles. The third-order valence-electron chi connectivity index (χ3n) is 4.70. The molecule has 0 spiro atoms. The lowest BCUT2D eigenvalue weighted by atomic mass is 10.1. The standard InChI is InChI=1S/C24H28N4O/c1-19-8-14-23(15-9-19)28(20(2)7-5-3-4-6-16-27-18-29)24(26)22-12-10-21(17-25)11-13-22/h7-15,18,26H,3-6,16H2,1-2H3,(H,27,29)/b20-7+,26-24?. The lowest BCUT2D eigenvalue weighted by molar-refractivity contribution is -0.109. The maximum atomic E-state index is 10.3. The summed E-state index contributed by atoms with van der Waals surface area (Å²) in [5.41, 5.74) is 4.45. The van der Waals surface area contributed by atoms with Gasteiger partial charge in [0, 0.05) is 23.5 Å². The van der Waals surface area contributed by atoms with Gasteiger partial charge in [0.2, 0.25) is 6.41 Å². The number of nitrogens with one attached hydrogen (secondary N) is 2. The zero-order valence-corrected chi connectivity index (χ0v) is 17.1. The lowest BCUT2D eigenvalue weighted by Gasteiger charge is -2.26. The molecule has 0 fully saturated rings. The Morgan fingerprint density at radius 2 is 1.79 bits per heavy atom. The van der Waals surface area contributed by atoms with E-state index in [4.69, 9.17) is 10.7 Å². The first-order chi connectivity index (χ1) is 14.1. The molecule has 2 N–H and O–H groups in total. The highest BCUT2D eigenvalue weighted by molar-refractivity contribution is 6.09. The number of hydrogen-bond donors (Lipinski definition) is 2. The number of carbonyl (C=O) groups is 1. The SMILES string of the molecule is C/C(=C\CCCCCNC=O)N(C(=N)c1ccc(C#N)cc1)c1ccc(C)cc1. The van der Waals surface area contributed by atoms with Crippen LogP contribution in [0.15, 0.2) is 60.3 Å². The van der Waals surface area contributed by atoms with Crippen LogP contribution in [-0.2, 0) is 4.79 Å². The molecule has 0 atom stereocenters. The van der Waals surface area contributed by atoms with E-state index in [1.165, 1.54) is 5.56 Å². The van der Waals surface area contributed by atoms with Gasteiger partial charge in [-0.25, -0.2) is 0 Å². The van der Waals surface area contributed by atoms with Crippen molar-refractivity contribution in [1.82, 2.24) is 5.32 Å². The molecular weight excluding hydrogens is 360 g/mol. The van der Waals surface area contributed by atoms with E-state index >= 15 is 0 Å². The fraction of sp³-hybridized carbons (Fsp3) is 0.292. The van der Waals surface area contributed by atoms with Gasteiger partial charge in [-0.05, 0) is 69.5 Å². The fourth-order valence-electron chi connectivity index (χ4n) is 3.04. The molecule has 1 amide bonds. The van der Waals surface area contributed by atoms with Gasteiger partial charge in [0.15, 0.2) is 0 Å². The van der Waals surface area contributed by atoms with Gasteiger partial charge in [-0.3, -0.25) is 15.1 Å². The first kappa shape index (κ1) is 21.9. The van der Waals surface area contributed by atoms with Crippen molar-refractivity contribution >= 4 is 17.9 Å². The van der Waals surface area contributed by atoms with Gasteiger partial charge < -0.3 is 5.32 Å². The molecule has 0 unspecified atom stereocenters. The van der Waals surface area contributed by atoms with Crippen LogP contribution in [-0.4, -0.2) is 18.8 Å². The van der Waals surface area contributed by atoms with Crippen molar-refractivity contribution in [2.45, 2.75) is 39.5 Å². The van der Waals surface area contributed by atoms with Crippen LogP contribution in [0.1, 0.15) is 49.3 Å². The summed E-state index contributed by atoms with van der Waals surface area (Å²) in [4.78, 5) is 12.2. The first-order valence-electron chi connectivity index (χ1n) is 9.86. The van der Waals surface area contributed by atoms with E-state index in [1.807, 2.05) is 55.1 Å². The first-order valence-corrected chi connectivity index (χ1v) is 9.86. The summed E-state index contributed by atoms with van der Waals surface area (Å²) in [5.74, 6) is 0.377. The summed E-state index contributed by atoms with van der Waals surface area (Å²) < 4.78 is 0. The number of allylic oxidation sites excluding steroid dienone is 2. The van der Waals surface area contributed by atoms with E-state index in [-0.39, 0.29) is 0 Å². The summed E-state index contributed by atoms with van der Waals surface area (Å²) in [6.07, 6.45) is 6.85. The molecule has 0 aliphatic rings. The molecule has 0 heterocycles. The fourth-order valence-corrected chi connectivity index (χ4v) is 3.04. The van der Waals surface area contributed by atoms with Crippen molar-refractivity contribution in [3.63, 3.8) is 0 Å². The number of anilines is 1. The number of aryl methyl sites for hydroxylation is 1. The van der Waals surface area contributed by atoms with Gasteiger partial charge in [0.05, 0.1) is 11.6 Å². The van der Waals surface area contributed by atoms with Gasteiger partial charge in [0.25, 0.3) is 0 Å². The highest BCUT2D eigenvalue weighted by Crippen LogP contribution is 2.23. The van der Waals surface area contributed by atoms with Crippen molar-refractivity contribution in [2.24, 2.45) is 0 Å². The molecule has 0 aliphatic heterocycles. The molecule has 2 aromatic carbocycles. The van der Waals surface area contributed by atoms with E-state index < -0.39 is 0 Å². The van der Waals surface area contributed by atoms with Gasteiger partial charge in [-0.2, -0.15) is 5.26 Å². The van der Waals surface area contributed by atoms with Crippen LogP contribution in [0, 0.1) is 23.7 Å². The van der Waals surface area contributed by atoms with Gasteiger partial charge in [-0.1, -0.05) is 30.2 Å². The summed E-state index contributed by atoms with van der Waals surface area (Å²) in [6.45, 7) is 4.78. The number of rotatable bonds is 10. The zero-order valence-electron chi connectivity index (χ0n) is 17.1. The van der Waals surface area contributed by atoms with E-state index in [0.717, 1.165) is 49.0 Å². The maximum Gasteiger partial charge on any atom is 0.207 e. The highest BCUT2D eigenvalue weighted by Gasteiger charge is 2.16. The second-order valence-corrected chi connectivity index (χ2v) is 6.98. The number of amides is 1. The van der Waals surface area contributed by atoms with Gasteiger partial charge in [-0.15, -0.1) is 0 Å². The highest BCUT2D eigenvalue weighted by atomic mass is 16.1. The second kappa shape index (κ2) is 11.5. The van der Waals surface area contributed by atoms with Crippen LogP contribution in [0.3, 0.4) is 0 Å². The Kier molecular flexibility index (Phi) is 8.65. The summed E-state index contributed by atoms with van der Waals surface area (Å²) in [5, 5.41) is 20.5. The predicted molar refractivity (Wildman–Crippen MR) is 118 cm³/mol. The van der Waals surface area contributed by atoms with Crippen LogP contribution >= 0.6 is 0 Å². The smallest absolute Gasteiger partial charge is 0.207 e. The molecule has 5 nitrogen and oxygen atoms in total. The molecular formula is C24H28N4O. The monoisotopic (exact) mass is 388 g/mol. The number of nitriles is 1. The second-order valence-electron chi connectivity index (χ2n) is 6.98. The van der Waals surface area contributed by atoms with Crippen LogP contribution in [0.5, 0.6) is 0 Å². The molecule has 0 aliphatic carbocycles. The van der Waals surface area contributed by atoms with Crippen LogP contribution in [0.4, 0.5) is 5.69 Å². The summed E-state index contributed by atoms with van der Waals surface area (Å²) in [6, 6.07) is 17.4. The maximum absolute atomic E-state index is 10.3.